The van der Waals surface area contributed by atoms with Crippen LogP contribution in [0.4, 0.5) is 0 Å². The Kier molecular flexibility index (Phi) is 2.02. The molecular formula is C10H12N6O. The minimum absolute atomic E-state index is 0.290. The van der Waals surface area contributed by atoms with Crippen LogP contribution in [-0.2, 0) is 6.54 Å². The number of rotatable bonds is 2. The van der Waals surface area contributed by atoms with E-state index in [9.17, 15) is 0 Å². The Morgan fingerprint density at radius 2 is 2.24 bits per heavy atom. The standard InChI is InChI=1S/C10H12N6O/c1-5-4-12-10-13-8(6(2)16(5)10)9-7(3-11)14-17-15-9/h4H,3,11H2,1-2H3,(H,12,13). The number of imidazole rings is 2. The van der Waals surface area contributed by atoms with E-state index in [1.165, 1.54) is 0 Å². The quantitative estimate of drug-likeness (QED) is 0.680. The second-order valence-corrected chi connectivity index (χ2v) is 3.91. The summed E-state index contributed by atoms with van der Waals surface area (Å²) in [6.07, 6.45) is 1.81. The molecule has 0 aliphatic heterocycles. The SMILES string of the molecule is Cc1cnc2[nH]c(-c3nonc3CN)c(C)n12. The summed E-state index contributed by atoms with van der Waals surface area (Å²) in [5, 5.41) is 7.65. The average molecular weight is 232 g/mol. The predicted molar refractivity (Wildman–Crippen MR) is 60.2 cm³/mol. The molecule has 0 aliphatic carbocycles. The van der Waals surface area contributed by atoms with Crippen molar-refractivity contribution in [1.82, 2.24) is 24.7 Å². The molecule has 0 bridgehead atoms. The number of hydrogen-bond donors (Lipinski definition) is 2. The lowest BCUT2D eigenvalue weighted by Gasteiger charge is -1.97. The summed E-state index contributed by atoms with van der Waals surface area (Å²) in [4.78, 5) is 7.46. The van der Waals surface area contributed by atoms with E-state index in [0.29, 0.717) is 17.9 Å². The van der Waals surface area contributed by atoms with Crippen LogP contribution in [0.2, 0.25) is 0 Å². The highest BCUT2D eigenvalue weighted by Crippen LogP contribution is 2.24. The summed E-state index contributed by atoms with van der Waals surface area (Å²) in [6.45, 7) is 4.27. The molecule has 7 heteroatoms. The maximum Gasteiger partial charge on any atom is 0.212 e. The zero-order chi connectivity index (χ0) is 12.0. The third-order valence-corrected chi connectivity index (χ3v) is 2.86. The van der Waals surface area contributed by atoms with E-state index < -0.39 is 0 Å². The topological polar surface area (TPSA) is 98.0 Å². The van der Waals surface area contributed by atoms with Crippen LogP contribution in [0.3, 0.4) is 0 Å². The van der Waals surface area contributed by atoms with E-state index >= 15 is 0 Å². The van der Waals surface area contributed by atoms with Gasteiger partial charge in [-0.2, -0.15) is 0 Å². The van der Waals surface area contributed by atoms with Gasteiger partial charge in [-0.1, -0.05) is 5.16 Å². The van der Waals surface area contributed by atoms with E-state index in [-0.39, 0.29) is 0 Å². The third-order valence-electron chi connectivity index (χ3n) is 2.86. The van der Waals surface area contributed by atoms with Crippen molar-refractivity contribution in [3.05, 3.63) is 23.3 Å². The summed E-state index contributed by atoms with van der Waals surface area (Å²) >= 11 is 0. The molecule has 0 aliphatic rings. The van der Waals surface area contributed by atoms with E-state index in [1.807, 2.05) is 24.4 Å². The Labute approximate surface area is 96.6 Å². The van der Waals surface area contributed by atoms with Gasteiger partial charge in [0.15, 0.2) is 5.69 Å². The lowest BCUT2D eigenvalue weighted by molar-refractivity contribution is 0.304. The van der Waals surface area contributed by atoms with Gasteiger partial charge in [-0.25, -0.2) is 9.61 Å². The van der Waals surface area contributed by atoms with Gasteiger partial charge in [-0.3, -0.25) is 4.40 Å². The number of nitrogens with one attached hydrogen (secondary N) is 1. The lowest BCUT2D eigenvalue weighted by atomic mass is 10.2. The van der Waals surface area contributed by atoms with Crippen molar-refractivity contribution in [3.63, 3.8) is 0 Å². The first-order valence-electron chi connectivity index (χ1n) is 5.27. The predicted octanol–water partition coefficient (Wildman–Crippen LogP) is 0.788. The molecule has 3 aromatic rings. The Morgan fingerprint density at radius 1 is 1.41 bits per heavy atom. The number of aromatic amines is 1. The summed E-state index contributed by atoms with van der Waals surface area (Å²) in [5.41, 5.74) is 9.79. The van der Waals surface area contributed by atoms with Gasteiger partial charge in [0.2, 0.25) is 5.78 Å². The van der Waals surface area contributed by atoms with Crippen molar-refractivity contribution in [1.29, 1.82) is 0 Å². The number of H-pyrrole nitrogens is 1. The van der Waals surface area contributed by atoms with E-state index in [2.05, 4.69) is 20.3 Å². The van der Waals surface area contributed by atoms with Gasteiger partial charge in [0, 0.05) is 17.9 Å². The molecule has 0 fully saturated rings. The normalized spacial score (nSPS) is 11.5. The second kappa shape index (κ2) is 3.42. The van der Waals surface area contributed by atoms with Gasteiger partial charge in [-0.05, 0) is 19.0 Å². The fourth-order valence-corrected chi connectivity index (χ4v) is 2.02. The molecule has 0 aromatic carbocycles. The van der Waals surface area contributed by atoms with Gasteiger partial charge in [0.25, 0.3) is 0 Å². The molecule has 0 amide bonds. The molecule has 3 aromatic heterocycles. The van der Waals surface area contributed by atoms with Gasteiger partial charge in [0.1, 0.15) is 5.69 Å². The first-order valence-corrected chi connectivity index (χ1v) is 5.27. The fraction of sp³-hybridized carbons (Fsp3) is 0.300. The molecule has 0 radical (unpaired) electrons. The van der Waals surface area contributed by atoms with Crippen molar-refractivity contribution in [3.8, 4) is 11.4 Å². The molecule has 0 unspecified atom stereocenters. The van der Waals surface area contributed by atoms with Crippen molar-refractivity contribution in [2.45, 2.75) is 20.4 Å². The minimum Gasteiger partial charge on any atom is -0.325 e. The molecule has 7 nitrogen and oxygen atoms in total. The largest absolute Gasteiger partial charge is 0.325 e. The van der Waals surface area contributed by atoms with E-state index in [0.717, 1.165) is 22.9 Å². The van der Waals surface area contributed by atoms with Crippen LogP contribution in [0.15, 0.2) is 10.8 Å². The summed E-state index contributed by atoms with van der Waals surface area (Å²) in [5.74, 6) is 0.779. The molecule has 0 saturated heterocycles. The summed E-state index contributed by atoms with van der Waals surface area (Å²) < 4.78 is 6.74. The molecule has 88 valence electrons. The molecule has 3 rings (SSSR count). The molecule has 3 N–H and O–H groups in total. The number of nitrogens with two attached hydrogens (primary N) is 1. The van der Waals surface area contributed by atoms with Crippen LogP contribution >= 0.6 is 0 Å². The minimum atomic E-state index is 0.290. The summed E-state index contributed by atoms with van der Waals surface area (Å²) in [7, 11) is 0. The molecule has 3 heterocycles. The first-order chi connectivity index (χ1) is 8.22. The fourth-order valence-electron chi connectivity index (χ4n) is 2.02. The zero-order valence-electron chi connectivity index (χ0n) is 9.56. The highest BCUT2D eigenvalue weighted by Gasteiger charge is 2.18. The van der Waals surface area contributed by atoms with Crippen molar-refractivity contribution in [2.75, 3.05) is 0 Å². The highest BCUT2D eigenvalue weighted by atomic mass is 16.6. The zero-order valence-corrected chi connectivity index (χ0v) is 9.56. The number of hydrogen-bond acceptors (Lipinski definition) is 5. The maximum absolute atomic E-state index is 5.58. The van der Waals surface area contributed by atoms with Gasteiger partial charge >= 0.3 is 0 Å². The molecule has 0 saturated carbocycles. The second-order valence-electron chi connectivity index (χ2n) is 3.91. The van der Waals surface area contributed by atoms with Gasteiger partial charge < -0.3 is 10.7 Å². The Morgan fingerprint density at radius 3 is 2.94 bits per heavy atom. The average Bonchev–Trinajstić information content (AvgIpc) is 2.97. The van der Waals surface area contributed by atoms with Crippen molar-refractivity contribution >= 4 is 5.78 Å². The Hall–Kier alpha value is -2.15. The van der Waals surface area contributed by atoms with Crippen LogP contribution in [0.5, 0.6) is 0 Å². The van der Waals surface area contributed by atoms with E-state index in [1.54, 1.807) is 0 Å². The van der Waals surface area contributed by atoms with Crippen LogP contribution in [-0.4, -0.2) is 24.7 Å². The third kappa shape index (κ3) is 1.29. The molecular weight excluding hydrogens is 220 g/mol. The lowest BCUT2D eigenvalue weighted by Crippen LogP contribution is -1.99. The number of nitrogens with zero attached hydrogens (tertiary/aromatic N) is 4. The maximum atomic E-state index is 5.58. The molecule has 0 spiro atoms. The first kappa shape index (κ1) is 10.0. The summed E-state index contributed by atoms with van der Waals surface area (Å²) in [6, 6.07) is 0. The van der Waals surface area contributed by atoms with Crippen molar-refractivity contribution < 1.29 is 4.63 Å². The Balaban J connectivity index is 2.27. The van der Waals surface area contributed by atoms with E-state index in [4.69, 9.17) is 10.4 Å². The van der Waals surface area contributed by atoms with Gasteiger partial charge in [0.05, 0.1) is 11.9 Å². The highest BCUT2D eigenvalue weighted by molar-refractivity contribution is 5.63. The van der Waals surface area contributed by atoms with Crippen LogP contribution in [0.25, 0.3) is 17.2 Å². The monoisotopic (exact) mass is 232 g/mol. The van der Waals surface area contributed by atoms with Crippen LogP contribution in [0, 0.1) is 13.8 Å². The number of aryl methyl sites for hydroxylation is 2. The smallest absolute Gasteiger partial charge is 0.212 e. The van der Waals surface area contributed by atoms with Crippen molar-refractivity contribution in [2.24, 2.45) is 5.73 Å². The molecule has 17 heavy (non-hydrogen) atoms. The van der Waals surface area contributed by atoms with Crippen LogP contribution < -0.4 is 5.73 Å². The number of fused-ring (bicyclic) bond motifs is 1. The van der Waals surface area contributed by atoms with Gasteiger partial charge in [-0.15, -0.1) is 0 Å². The Bertz CT molecular complexity index is 676. The molecule has 0 atom stereocenters. The van der Waals surface area contributed by atoms with Crippen LogP contribution in [0.1, 0.15) is 17.1 Å². The number of aromatic nitrogens is 5.